The van der Waals surface area contributed by atoms with Crippen molar-refractivity contribution in [1.82, 2.24) is 15.6 Å². The largest absolute Gasteiger partial charge is 0.547 e. The van der Waals surface area contributed by atoms with Gasteiger partial charge in [-0.15, -0.1) is 11.3 Å². The summed E-state index contributed by atoms with van der Waals surface area (Å²) in [6.07, 6.45) is 2.10. The van der Waals surface area contributed by atoms with E-state index in [0.29, 0.717) is 18.1 Å². The van der Waals surface area contributed by atoms with Crippen molar-refractivity contribution in [3.8, 4) is 5.75 Å². The predicted molar refractivity (Wildman–Crippen MR) is 122 cm³/mol. The van der Waals surface area contributed by atoms with Crippen molar-refractivity contribution < 1.29 is 29.2 Å². The lowest BCUT2D eigenvalue weighted by molar-refractivity contribution is -0.115. The number of carboxylic acid groups (broad SMARTS) is 1. The second-order valence-electron chi connectivity index (χ2n) is 7.89. The second-order valence-corrected chi connectivity index (χ2v) is 8.78. The number of amides is 1. The topological polar surface area (TPSA) is 168 Å². The van der Waals surface area contributed by atoms with E-state index in [0.717, 1.165) is 25.9 Å². The van der Waals surface area contributed by atoms with Gasteiger partial charge in [0.15, 0.2) is 10.8 Å². The number of para-hydroxylation sites is 1. The Morgan fingerprint density at radius 2 is 2.18 bits per heavy atom. The fraction of sp³-hybridized carbons (Fsp3) is 0.400. The molecule has 0 saturated carbocycles. The van der Waals surface area contributed by atoms with E-state index in [1.54, 1.807) is 17.5 Å². The molecule has 174 valence electrons. The maximum atomic E-state index is 13.1. The average Bonchev–Trinajstić information content (AvgIpc) is 3.23. The first kappa shape index (κ1) is 23.0. The van der Waals surface area contributed by atoms with E-state index in [9.17, 15) is 19.7 Å². The number of thiazole rings is 1. The third kappa shape index (κ3) is 5.43. The number of carbonyl (C=O) groups excluding carboxylic acids is 1. The molecule has 0 aliphatic carbocycles. The summed E-state index contributed by atoms with van der Waals surface area (Å²) in [5.74, 6) is -2.18. The van der Waals surface area contributed by atoms with Crippen molar-refractivity contribution in [1.29, 1.82) is 0 Å². The molecule has 0 bridgehead atoms. The van der Waals surface area contributed by atoms with Crippen LogP contribution < -0.4 is 21.0 Å². The van der Waals surface area contributed by atoms with Gasteiger partial charge in [-0.3, -0.25) is 4.79 Å². The normalized spacial score (nSPS) is 18.9. The van der Waals surface area contributed by atoms with Crippen LogP contribution in [-0.4, -0.2) is 65.5 Å². The van der Waals surface area contributed by atoms with Crippen LogP contribution in [0.2, 0.25) is 0 Å². The van der Waals surface area contributed by atoms with Crippen LogP contribution in [0.3, 0.4) is 0 Å². The van der Waals surface area contributed by atoms with Gasteiger partial charge in [0.05, 0.1) is 11.5 Å². The van der Waals surface area contributed by atoms with Gasteiger partial charge < -0.3 is 36.0 Å². The van der Waals surface area contributed by atoms with Crippen molar-refractivity contribution in [2.75, 3.05) is 25.4 Å². The summed E-state index contributed by atoms with van der Waals surface area (Å²) in [5, 5.41) is 31.7. The SMILES string of the molecule is Nc1nc(C(=NOCC2CCNCC2)C(=O)NC2Cc3cccc(C(=O)O)c3OB2O)cs1. The molecule has 2 aromatic rings. The van der Waals surface area contributed by atoms with Crippen molar-refractivity contribution in [3.63, 3.8) is 0 Å². The molecular formula is C20H24BN5O6S. The Bertz CT molecular complexity index is 1060. The van der Waals surface area contributed by atoms with Crippen LogP contribution in [0.1, 0.15) is 34.5 Å². The Kier molecular flexibility index (Phi) is 7.11. The molecule has 4 rings (SSSR count). The molecule has 13 heteroatoms. The van der Waals surface area contributed by atoms with Crippen LogP contribution in [0.15, 0.2) is 28.7 Å². The fourth-order valence-corrected chi connectivity index (χ4v) is 4.36. The number of nitrogens with two attached hydrogens (primary N) is 1. The minimum absolute atomic E-state index is 0.0529. The highest BCUT2D eigenvalue weighted by Gasteiger charge is 2.38. The molecule has 1 atom stereocenters. The Labute approximate surface area is 194 Å². The van der Waals surface area contributed by atoms with Gasteiger partial charge in [-0.05, 0) is 49.9 Å². The van der Waals surface area contributed by atoms with Crippen LogP contribution >= 0.6 is 11.3 Å². The molecule has 6 N–H and O–H groups in total. The highest BCUT2D eigenvalue weighted by molar-refractivity contribution is 7.13. The summed E-state index contributed by atoms with van der Waals surface area (Å²) >= 11 is 1.17. The molecule has 11 nitrogen and oxygen atoms in total. The third-order valence-corrected chi connectivity index (χ3v) is 6.24. The van der Waals surface area contributed by atoms with Crippen molar-refractivity contribution in [3.05, 3.63) is 40.4 Å². The van der Waals surface area contributed by atoms with Gasteiger partial charge in [-0.2, -0.15) is 0 Å². The molecule has 0 spiro atoms. The number of aromatic carboxylic acids is 1. The van der Waals surface area contributed by atoms with Crippen LogP contribution in [0.25, 0.3) is 0 Å². The zero-order valence-corrected chi connectivity index (χ0v) is 18.5. The minimum Gasteiger partial charge on any atom is -0.534 e. The molecule has 1 aromatic heterocycles. The number of hydrogen-bond donors (Lipinski definition) is 5. The van der Waals surface area contributed by atoms with E-state index >= 15 is 0 Å². The monoisotopic (exact) mass is 473 g/mol. The minimum atomic E-state index is -1.45. The molecule has 1 amide bonds. The van der Waals surface area contributed by atoms with Crippen LogP contribution in [-0.2, 0) is 16.1 Å². The number of nitrogens with one attached hydrogen (secondary N) is 2. The van der Waals surface area contributed by atoms with E-state index in [1.165, 1.54) is 17.4 Å². The van der Waals surface area contributed by atoms with Gasteiger partial charge >= 0.3 is 13.1 Å². The van der Waals surface area contributed by atoms with Gasteiger partial charge in [0.25, 0.3) is 5.91 Å². The molecule has 1 saturated heterocycles. The van der Waals surface area contributed by atoms with Crippen LogP contribution in [0.4, 0.5) is 5.13 Å². The maximum Gasteiger partial charge on any atom is 0.547 e. The molecule has 1 aromatic carbocycles. The van der Waals surface area contributed by atoms with Crippen LogP contribution in [0, 0.1) is 5.92 Å². The molecule has 2 aliphatic heterocycles. The number of anilines is 1. The summed E-state index contributed by atoms with van der Waals surface area (Å²) in [7, 11) is -1.45. The molecule has 1 unspecified atom stereocenters. The standard InChI is InChI=1S/C20H24BN5O6S/c22-20-24-14(10-33-20)16(26-31-9-11-4-6-23-7-5-11)18(27)25-15-8-12-2-1-3-13(19(28)29)17(12)32-21(15)30/h1-3,10-11,15,23,30H,4-9H2,(H2,22,24)(H,25,27)(H,28,29). The molecule has 1 fully saturated rings. The quantitative estimate of drug-likeness (QED) is 0.216. The number of fused-ring (bicyclic) bond motifs is 1. The van der Waals surface area contributed by atoms with Gasteiger partial charge in [0, 0.05) is 5.38 Å². The van der Waals surface area contributed by atoms with E-state index in [4.69, 9.17) is 15.2 Å². The van der Waals surface area contributed by atoms with Crippen molar-refractivity contribution >= 4 is 41.2 Å². The first-order valence-electron chi connectivity index (χ1n) is 10.5. The number of aromatic nitrogens is 1. The number of carboxylic acids is 1. The van der Waals surface area contributed by atoms with Crippen molar-refractivity contribution in [2.24, 2.45) is 11.1 Å². The summed E-state index contributed by atoms with van der Waals surface area (Å²) in [6.45, 7) is 2.20. The fourth-order valence-electron chi connectivity index (χ4n) is 3.81. The average molecular weight is 473 g/mol. The Morgan fingerprint density at radius 1 is 1.39 bits per heavy atom. The molecule has 2 aliphatic rings. The Balaban J connectivity index is 1.49. The number of carbonyl (C=O) groups is 2. The second kappa shape index (κ2) is 10.2. The van der Waals surface area contributed by atoms with Gasteiger partial charge in [-0.25, -0.2) is 9.78 Å². The Morgan fingerprint density at radius 3 is 2.88 bits per heavy atom. The third-order valence-electron chi connectivity index (χ3n) is 5.57. The number of hydrogen-bond acceptors (Lipinski definition) is 10. The summed E-state index contributed by atoms with van der Waals surface area (Å²) in [5.41, 5.74) is 6.43. The highest BCUT2D eigenvalue weighted by Crippen LogP contribution is 2.30. The van der Waals surface area contributed by atoms with Gasteiger partial charge in [-0.1, -0.05) is 17.3 Å². The lowest BCUT2D eigenvalue weighted by Gasteiger charge is -2.28. The summed E-state index contributed by atoms with van der Waals surface area (Å²) in [6, 6.07) is 4.66. The van der Waals surface area contributed by atoms with Crippen molar-refractivity contribution in [2.45, 2.75) is 25.2 Å². The lowest BCUT2D eigenvalue weighted by atomic mass is 9.72. The molecule has 3 heterocycles. The molecule has 33 heavy (non-hydrogen) atoms. The maximum absolute atomic E-state index is 13.1. The van der Waals surface area contributed by atoms with Gasteiger partial charge in [0.1, 0.15) is 18.1 Å². The summed E-state index contributed by atoms with van der Waals surface area (Å²) < 4.78 is 5.44. The number of piperidine rings is 1. The number of nitrogens with zero attached hydrogens (tertiary/aromatic N) is 2. The number of nitrogen functional groups attached to an aromatic ring is 1. The first-order valence-corrected chi connectivity index (χ1v) is 11.4. The van der Waals surface area contributed by atoms with Crippen LogP contribution in [0.5, 0.6) is 5.75 Å². The smallest absolute Gasteiger partial charge is 0.534 e. The van der Waals surface area contributed by atoms with Gasteiger partial charge in [0.2, 0.25) is 0 Å². The zero-order valence-electron chi connectivity index (χ0n) is 17.7. The van der Waals surface area contributed by atoms with E-state index in [2.05, 4.69) is 20.8 Å². The predicted octanol–water partition coefficient (Wildman–Crippen LogP) is 0.283. The zero-order chi connectivity index (χ0) is 23.4. The van der Waals surface area contributed by atoms with E-state index in [-0.39, 0.29) is 34.3 Å². The molecular weight excluding hydrogens is 449 g/mol. The van der Waals surface area contributed by atoms with E-state index < -0.39 is 24.9 Å². The summed E-state index contributed by atoms with van der Waals surface area (Å²) in [4.78, 5) is 34.1. The number of benzene rings is 1. The molecule has 0 radical (unpaired) electrons. The first-order chi connectivity index (χ1) is 15.9. The van der Waals surface area contributed by atoms with E-state index in [1.807, 2.05) is 0 Å². The highest BCUT2D eigenvalue weighted by atomic mass is 32.1. The number of rotatable bonds is 7. The number of oxime groups is 1. The Hall–Kier alpha value is -3.16. The lowest BCUT2D eigenvalue weighted by Crippen LogP contribution is -2.54.